The Bertz CT molecular complexity index is 180. The summed E-state index contributed by atoms with van der Waals surface area (Å²) >= 11 is 0.0123. The predicted octanol–water partition coefficient (Wildman–Crippen LogP) is 2.01. The van der Waals surface area contributed by atoms with Crippen molar-refractivity contribution in [1.82, 2.24) is 5.32 Å². The van der Waals surface area contributed by atoms with Gasteiger partial charge in [-0.15, -0.1) is 0 Å². The number of thioether (sulfide) groups is 1. The molecular formula is C8H14F3NOS. The molecule has 1 unspecified atom stereocenters. The zero-order chi connectivity index (χ0) is 10.7. The third kappa shape index (κ3) is 4.52. The maximum atomic E-state index is 11.8. The summed E-state index contributed by atoms with van der Waals surface area (Å²) < 4.78 is 40.5. The van der Waals surface area contributed by atoms with Crippen molar-refractivity contribution >= 4 is 11.8 Å². The van der Waals surface area contributed by atoms with Crippen molar-refractivity contribution in [3.63, 3.8) is 0 Å². The molecule has 1 N–H and O–H groups in total. The molecule has 0 radical (unpaired) electrons. The highest BCUT2D eigenvalue weighted by Gasteiger charge is 2.30. The van der Waals surface area contributed by atoms with Gasteiger partial charge < -0.3 is 10.1 Å². The molecule has 2 nitrogen and oxygen atoms in total. The van der Waals surface area contributed by atoms with E-state index in [4.69, 9.17) is 4.74 Å². The van der Waals surface area contributed by atoms with Crippen molar-refractivity contribution < 1.29 is 17.9 Å². The molecule has 84 valence electrons. The molecule has 1 fully saturated rings. The SMILES string of the molecule is CC1(NCCSC(F)(F)F)CCOC1. The highest BCUT2D eigenvalue weighted by molar-refractivity contribution is 8.00. The maximum Gasteiger partial charge on any atom is 0.441 e. The standard InChI is InChI=1S/C8H14F3NOS/c1-7(2-4-13-6-7)12-3-5-14-8(9,10)11/h12H,2-6H2,1H3. The molecule has 1 rings (SSSR count). The lowest BCUT2D eigenvalue weighted by Gasteiger charge is -2.23. The van der Waals surface area contributed by atoms with E-state index in [0.717, 1.165) is 6.42 Å². The van der Waals surface area contributed by atoms with Gasteiger partial charge in [0.05, 0.1) is 6.61 Å². The van der Waals surface area contributed by atoms with E-state index < -0.39 is 5.51 Å². The minimum Gasteiger partial charge on any atom is -0.379 e. The molecule has 6 heteroatoms. The van der Waals surface area contributed by atoms with Gasteiger partial charge in [0, 0.05) is 24.4 Å². The molecule has 1 aliphatic rings. The fourth-order valence-corrected chi connectivity index (χ4v) is 1.76. The van der Waals surface area contributed by atoms with Gasteiger partial charge in [0.15, 0.2) is 0 Å². The van der Waals surface area contributed by atoms with Crippen LogP contribution in [0.1, 0.15) is 13.3 Å². The first kappa shape index (κ1) is 12.1. The molecule has 1 aliphatic heterocycles. The zero-order valence-electron chi connectivity index (χ0n) is 7.99. The van der Waals surface area contributed by atoms with Gasteiger partial charge in [-0.05, 0) is 25.1 Å². The Morgan fingerprint density at radius 2 is 2.21 bits per heavy atom. The van der Waals surface area contributed by atoms with Gasteiger partial charge >= 0.3 is 5.51 Å². The largest absolute Gasteiger partial charge is 0.441 e. The quantitative estimate of drug-likeness (QED) is 0.745. The van der Waals surface area contributed by atoms with Crippen LogP contribution >= 0.6 is 11.8 Å². The van der Waals surface area contributed by atoms with Gasteiger partial charge in [0.2, 0.25) is 0 Å². The number of halogens is 3. The second-order valence-electron chi connectivity index (χ2n) is 3.58. The van der Waals surface area contributed by atoms with Crippen LogP contribution in [0.25, 0.3) is 0 Å². The highest BCUT2D eigenvalue weighted by Crippen LogP contribution is 2.29. The van der Waals surface area contributed by atoms with Crippen molar-refractivity contribution in [3.8, 4) is 0 Å². The number of hydrogen-bond donors (Lipinski definition) is 1. The Labute approximate surface area is 85.6 Å². The van der Waals surface area contributed by atoms with Gasteiger partial charge in [0.25, 0.3) is 0 Å². The third-order valence-electron chi connectivity index (χ3n) is 2.14. The lowest BCUT2D eigenvalue weighted by molar-refractivity contribution is -0.0327. The molecule has 0 aromatic heterocycles. The Balaban J connectivity index is 2.09. The van der Waals surface area contributed by atoms with E-state index in [1.807, 2.05) is 6.92 Å². The summed E-state index contributed by atoms with van der Waals surface area (Å²) in [4.78, 5) is 0. The molecule has 1 heterocycles. The summed E-state index contributed by atoms with van der Waals surface area (Å²) in [6.45, 7) is 3.61. The van der Waals surface area contributed by atoms with Crippen LogP contribution in [0.2, 0.25) is 0 Å². The summed E-state index contributed by atoms with van der Waals surface area (Å²) in [6.07, 6.45) is 0.865. The lowest BCUT2D eigenvalue weighted by Crippen LogP contribution is -2.44. The molecule has 0 saturated carbocycles. The molecular weight excluding hydrogens is 215 g/mol. The Hall–Kier alpha value is 0.0600. The fourth-order valence-electron chi connectivity index (χ4n) is 1.33. The van der Waals surface area contributed by atoms with Crippen LogP contribution in [-0.2, 0) is 4.74 Å². The van der Waals surface area contributed by atoms with Crippen molar-refractivity contribution in [1.29, 1.82) is 0 Å². The molecule has 0 spiro atoms. The van der Waals surface area contributed by atoms with Crippen molar-refractivity contribution in [2.24, 2.45) is 0 Å². The summed E-state index contributed by atoms with van der Waals surface area (Å²) in [7, 11) is 0. The Kier molecular flexibility index (Phi) is 4.09. The molecule has 0 amide bonds. The van der Waals surface area contributed by atoms with Crippen LogP contribution in [0.15, 0.2) is 0 Å². The first-order valence-electron chi connectivity index (χ1n) is 4.45. The molecule has 0 aromatic carbocycles. The number of alkyl halides is 3. The van der Waals surface area contributed by atoms with Gasteiger partial charge in [-0.1, -0.05) is 0 Å². The number of rotatable bonds is 4. The average Bonchev–Trinajstić information content (AvgIpc) is 2.45. The second-order valence-corrected chi connectivity index (χ2v) is 4.74. The predicted molar refractivity (Wildman–Crippen MR) is 50.4 cm³/mol. The van der Waals surface area contributed by atoms with Gasteiger partial charge in [0.1, 0.15) is 0 Å². The zero-order valence-corrected chi connectivity index (χ0v) is 8.80. The maximum absolute atomic E-state index is 11.8. The van der Waals surface area contributed by atoms with Gasteiger partial charge in [-0.25, -0.2) is 0 Å². The summed E-state index contributed by atoms with van der Waals surface area (Å²) in [5.74, 6) is 0.0547. The summed E-state index contributed by atoms with van der Waals surface area (Å²) in [5.41, 5.74) is -4.25. The third-order valence-corrected chi connectivity index (χ3v) is 2.87. The minimum absolute atomic E-state index is 0.0123. The van der Waals surface area contributed by atoms with E-state index in [9.17, 15) is 13.2 Å². The topological polar surface area (TPSA) is 21.3 Å². The second kappa shape index (κ2) is 4.72. The lowest BCUT2D eigenvalue weighted by atomic mass is 10.0. The molecule has 0 bridgehead atoms. The molecule has 0 aromatic rings. The van der Waals surface area contributed by atoms with Crippen LogP contribution < -0.4 is 5.32 Å². The molecule has 1 atom stereocenters. The fraction of sp³-hybridized carbons (Fsp3) is 1.00. The van der Waals surface area contributed by atoms with E-state index in [2.05, 4.69) is 5.32 Å². The Morgan fingerprint density at radius 1 is 1.50 bits per heavy atom. The molecule has 0 aliphatic carbocycles. The number of ether oxygens (including phenoxy) is 1. The van der Waals surface area contributed by atoms with E-state index in [-0.39, 0.29) is 23.1 Å². The summed E-state index contributed by atoms with van der Waals surface area (Å²) in [5, 5.41) is 3.08. The minimum atomic E-state index is -4.12. The summed E-state index contributed by atoms with van der Waals surface area (Å²) in [6, 6.07) is 0. The first-order valence-corrected chi connectivity index (χ1v) is 5.43. The van der Waals surface area contributed by atoms with E-state index in [1.54, 1.807) is 0 Å². The average molecular weight is 229 g/mol. The van der Waals surface area contributed by atoms with Gasteiger partial charge in [-0.2, -0.15) is 13.2 Å². The van der Waals surface area contributed by atoms with Crippen LogP contribution in [0.5, 0.6) is 0 Å². The Morgan fingerprint density at radius 3 is 2.71 bits per heavy atom. The van der Waals surface area contributed by atoms with Crippen LogP contribution in [0.4, 0.5) is 13.2 Å². The van der Waals surface area contributed by atoms with Crippen LogP contribution in [-0.4, -0.2) is 36.6 Å². The van der Waals surface area contributed by atoms with Crippen LogP contribution in [0, 0.1) is 0 Å². The first-order chi connectivity index (χ1) is 6.41. The van der Waals surface area contributed by atoms with E-state index in [1.165, 1.54) is 0 Å². The van der Waals surface area contributed by atoms with Crippen LogP contribution in [0.3, 0.4) is 0 Å². The normalized spacial score (nSPS) is 28.3. The molecule has 14 heavy (non-hydrogen) atoms. The monoisotopic (exact) mass is 229 g/mol. The smallest absolute Gasteiger partial charge is 0.379 e. The van der Waals surface area contributed by atoms with Crippen molar-refractivity contribution in [3.05, 3.63) is 0 Å². The molecule has 1 saturated heterocycles. The van der Waals surface area contributed by atoms with Crippen molar-refractivity contribution in [2.75, 3.05) is 25.5 Å². The number of hydrogen-bond acceptors (Lipinski definition) is 3. The van der Waals surface area contributed by atoms with Crippen molar-refractivity contribution in [2.45, 2.75) is 24.4 Å². The van der Waals surface area contributed by atoms with E-state index >= 15 is 0 Å². The number of nitrogens with one attached hydrogen (secondary N) is 1. The highest BCUT2D eigenvalue weighted by atomic mass is 32.2. The van der Waals surface area contributed by atoms with Gasteiger partial charge in [-0.3, -0.25) is 0 Å². The van der Waals surface area contributed by atoms with E-state index in [0.29, 0.717) is 19.8 Å².